The van der Waals surface area contributed by atoms with Gasteiger partial charge < -0.3 is 4.90 Å². The van der Waals surface area contributed by atoms with Crippen LogP contribution in [0.4, 0.5) is 5.69 Å². The van der Waals surface area contributed by atoms with Gasteiger partial charge in [-0.1, -0.05) is 12.1 Å². The molecule has 126 valence electrons. The van der Waals surface area contributed by atoms with Crippen molar-refractivity contribution in [2.24, 2.45) is 0 Å². The normalized spacial score (nSPS) is 12.6. The molecule has 0 bridgehead atoms. The van der Waals surface area contributed by atoms with E-state index in [1.165, 1.54) is 0 Å². The first-order chi connectivity index (χ1) is 12.1. The fourth-order valence-electron chi connectivity index (χ4n) is 2.89. The molecule has 3 rings (SSSR count). The van der Waals surface area contributed by atoms with E-state index in [2.05, 4.69) is 6.07 Å². The van der Waals surface area contributed by atoms with E-state index in [1.807, 2.05) is 29.2 Å². The number of ketones is 1. The first-order valence-electron chi connectivity index (χ1n) is 8.09. The van der Waals surface area contributed by atoms with Crippen LogP contribution in [0.5, 0.6) is 0 Å². The minimum Gasteiger partial charge on any atom is -0.311 e. The van der Waals surface area contributed by atoms with Gasteiger partial charge in [0.25, 0.3) is 0 Å². The highest BCUT2D eigenvalue weighted by atomic mass is 32.2. The van der Waals surface area contributed by atoms with Crippen LogP contribution in [0.3, 0.4) is 0 Å². The molecular formula is C20H18N2O2S. The summed E-state index contributed by atoms with van der Waals surface area (Å²) in [5.74, 6) is 1.29. The zero-order valence-corrected chi connectivity index (χ0v) is 14.8. The highest BCUT2D eigenvalue weighted by Crippen LogP contribution is 2.29. The highest BCUT2D eigenvalue weighted by molar-refractivity contribution is 7.99. The minimum absolute atomic E-state index is 0.0468. The standard InChI is InChI=1S/C20H18N2O2S/c1-14(23)17-6-7-19-18(10-17)8-9-22(19)20(24)13-25-12-16-4-2-15(11-21)3-5-16/h2-7,10H,8-9,12-13H2,1H3. The Hall–Kier alpha value is -2.58. The average Bonchev–Trinajstić information content (AvgIpc) is 3.05. The zero-order valence-electron chi connectivity index (χ0n) is 14.0. The van der Waals surface area contributed by atoms with Gasteiger partial charge in [-0.2, -0.15) is 5.26 Å². The molecule has 5 heteroatoms. The van der Waals surface area contributed by atoms with Crippen molar-refractivity contribution in [3.63, 3.8) is 0 Å². The van der Waals surface area contributed by atoms with Gasteiger partial charge in [-0.3, -0.25) is 9.59 Å². The molecular weight excluding hydrogens is 332 g/mol. The maximum absolute atomic E-state index is 12.5. The van der Waals surface area contributed by atoms with Crippen molar-refractivity contribution in [2.75, 3.05) is 17.2 Å². The number of hydrogen-bond acceptors (Lipinski definition) is 4. The topological polar surface area (TPSA) is 61.2 Å². The summed E-state index contributed by atoms with van der Waals surface area (Å²) < 4.78 is 0. The molecule has 2 aromatic rings. The van der Waals surface area contributed by atoms with Gasteiger partial charge >= 0.3 is 0 Å². The maximum atomic E-state index is 12.5. The summed E-state index contributed by atoms with van der Waals surface area (Å²) in [5, 5.41) is 8.80. The number of carbonyl (C=O) groups excluding carboxylic acids is 2. The fourth-order valence-corrected chi connectivity index (χ4v) is 3.75. The van der Waals surface area contributed by atoms with E-state index in [-0.39, 0.29) is 11.7 Å². The fraction of sp³-hybridized carbons (Fsp3) is 0.250. The number of thioether (sulfide) groups is 1. The third kappa shape index (κ3) is 3.92. The molecule has 0 aromatic heterocycles. The third-order valence-corrected chi connectivity index (χ3v) is 5.25. The van der Waals surface area contributed by atoms with Crippen LogP contribution in [0, 0.1) is 11.3 Å². The Kier molecular flexibility index (Phi) is 5.20. The lowest BCUT2D eigenvalue weighted by molar-refractivity contribution is -0.116. The lowest BCUT2D eigenvalue weighted by atomic mass is 10.1. The molecule has 1 heterocycles. The number of nitriles is 1. The predicted molar refractivity (Wildman–Crippen MR) is 99.8 cm³/mol. The Morgan fingerprint density at radius 1 is 1.20 bits per heavy atom. The molecule has 1 aliphatic heterocycles. The number of nitrogens with zero attached hydrogens (tertiary/aromatic N) is 2. The number of rotatable bonds is 5. The third-order valence-electron chi connectivity index (χ3n) is 4.26. The number of fused-ring (bicyclic) bond motifs is 1. The number of anilines is 1. The van der Waals surface area contributed by atoms with Crippen LogP contribution in [0.2, 0.25) is 0 Å². The van der Waals surface area contributed by atoms with Crippen LogP contribution in [0.25, 0.3) is 0 Å². The average molecular weight is 350 g/mol. The summed E-state index contributed by atoms with van der Waals surface area (Å²) in [4.78, 5) is 25.8. The van der Waals surface area contributed by atoms with E-state index in [4.69, 9.17) is 5.26 Å². The summed E-state index contributed by atoms with van der Waals surface area (Å²) in [6, 6.07) is 15.1. The Balaban J connectivity index is 1.58. The minimum atomic E-state index is 0.0468. The second-order valence-corrected chi connectivity index (χ2v) is 6.98. The quantitative estimate of drug-likeness (QED) is 0.773. The van der Waals surface area contributed by atoms with E-state index in [0.717, 1.165) is 29.0 Å². The van der Waals surface area contributed by atoms with Crippen LogP contribution in [0.1, 0.15) is 34.0 Å². The zero-order chi connectivity index (χ0) is 17.8. The highest BCUT2D eigenvalue weighted by Gasteiger charge is 2.24. The summed E-state index contributed by atoms with van der Waals surface area (Å²) in [6.45, 7) is 2.23. The number of hydrogen-bond donors (Lipinski definition) is 0. The van der Waals surface area contributed by atoms with Crippen LogP contribution in [-0.4, -0.2) is 24.0 Å². The molecule has 0 N–H and O–H groups in total. The largest absolute Gasteiger partial charge is 0.311 e. The van der Waals surface area contributed by atoms with E-state index < -0.39 is 0 Å². The summed E-state index contributed by atoms with van der Waals surface area (Å²) in [5.41, 5.74) is 4.43. The molecule has 25 heavy (non-hydrogen) atoms. The molecule has 0 saturated heterocycles. The van der Waals surface area contributed by atoms with Crippen LogP contribution in [0.15, 0.2) is 42.5 Å². The second-order valence-electron chi connectivity index (χ2n) is 6.00. The van der Waals surface area contributed by atoms with Crippen molar-refractivity contribution in [1.29, 1.82) is 5.26 Å². The predicted octanol–water partition coefficient (Wildman–Crippen LogP) is 3.58. The Morgan fingerprint density at radius 2 is 1.96 bits per heavy atom. The molecule has 0 aliphatic carbocycles. The van der Waals surface area contributed by atoms with Gasteiger partial charge in [-0.25, -0.2) is 0 Å². The smallest absolute Gasteiger partial charge is 0.237 e. The first-order valence-corrected chi connectivity index (χ1v) is 9.25. The van der Waals surface area contributed by atoms with Crippen molar-refractivity contribution in [1.82, 2.24) is 0 Å². The molecule has 1 aliphatic rings. The Bertz CT molecular complexity index is 853. The number of amides is 1. The number of benzene rings is 2. The summed E-state index contributed by atoms with van der Waals surface area (Å²) in [6.07, 6.45) is 0.794. The van der Waals surface area contributed by atoms with Crippen molar-refractivity contribution in [2.45, 2.75) is 19.1 Å². The van der Waals surface area contributed by atoms with Crippen LogP contribution < -0.4 is 4.90 Å². The van der Waals surface area contributed by atoms with E-state index in [9.17, 15) is 9.59 Å². The molecule has 0 spiro atoms. The lowest BCUT2D eigenvalue weighted by Gasteiger charge is -2.17. The summed E-state index contributed by atoms with van der Waals surface area (Å²) >= 11 is 1.57. The van der Waals surface area contributed by atoms with Gasteiger partial charge in [0.05, 0.1) is 17.4 Å². The van der Waals surface area contributed by atoms with Crippen LogP contribution >= 0.6 is 11.8 Å². The number of Topliss-reactive ketones (excluding diaryl/α,β-unsaturated/α-hetero) is 1. The molecule has 0 fully saturated rings. The Morgan fingerprint density at radius 3 is 2.64 bits per heavy atom. The lowest BCUT2D eigenvalue weighted by Crippen LogP contribution is -2.30. The van der Waals surface area contributed by atoms with Gasteiger partial charge in [-0.15, -0.1) is 11.8 Å². The molecule has 2 aromatic carbocycles. The van der Waals surface area contributed by atoms with E-state index in [1.54, 1.807) is 36.9 Å². The van der Waals surface area contributed by atoms with E-state index in [0.29, 0.717) is 23.4 Å². The van der Waals surface area contributed by atoms with Gasteiger partial charge in [0.15, 0.2) is 5.78 Å². The van der Waals surface area contributed by atoms with Crippen molar-refractivity contribution < 1.29 is 9.59 Å². The molecule has 0 radical (unpaired) electrons. The molecule has 0 unspecified atom stereocenters. The maximum Gasteiger partial charge on any atom is 0.237 e. The van der Waals surface area contributed by atoms with Gasteiger partial charge in [0.1, 0.15) is 0 Å². The SMILES string of the molecule is CC(=O)c1ccc2c(c1)CCN2C(=O)CSCc1ccc(C#N)cc1. The Labute approximate surface area is 151 Å². The van der Waals surface area contributed by atoms with Crippen molar-refractivity contribution in [3.05, 3.63) is 64.7 Å². The van der Waals surface area contributed by atoms with Gasteiger partial charge in [0.2, 0.25) is 5.91 Å². The molecule has 0 atom stereocenters. The van der Waals surface area contributed by atoms with Crippen molar-refractivity contribution in [3.8, 4) is 6.07 Å². The van der Waals surface area contributed by atoms with Gasteiger partial charge in [-0.05, 0) is 54.8 Å². The monoisotopic (exact) mass is 350 g/mol. The molecule has 0 saturated carbocycles. The van der Waals surface area contributed by atoms with Crippen molar-refractivity contribution >= 4 is 29.1 Å². The summed E-state index contributed by atoms with van der Waals surface area (Å²) in [7, 11) is 0. The van der Waals surface area contributed by atoms with Gasteiger partial charge in [0, 0.05) is 23.5 Å². The number of carbonyl (C=O) groups is 2. The van der Waals surface area contributed by atoms with Crippen LogP contribution in [-0.2, 0) is 17.0 Å². The molecule has 4 nitrogen and oxygen atoms in total. The second kappa shape index (κ2) is 7.54. The van der Waals surface area contributed by atoms with E-state index >= 15 is 0 Å². The molecule has 1 amide bonds. The first kappa shape index (κ1) is 17.2.